The second kappa shape index (κ2) is 8.56. The first-order valence-electron chi connectivity index (χ1n) is 9.02. The van der Waals surface area contributed by atoms with E-state index < -0.39 is 0 Å². The standard InChI is InChI=1S/C20H21ClFN3O3/c1-3-17(26)23-19-14(8-13-4-6-15(22)7-5-13)9-16-20(24-19)28-11-12(2)25(16)18(27)10-21/h4-7,9,12H,3,8,10-11H2,1-2H3,(H,23,24,26)/t12-/m0/s1. The van der Waals surface area contributed by atoms with Crippen molar-refractivity contribution in [2.45, 2.75) is 32.7 Å². The maximum atomic E-state index is 13.2. The second-order valence-corrected chi connectivity index (χ2v) is 6.85. The van der Waals surface area contributed by atoms with Gasteiger partial charge in [-0.3, -0.25) is 9.59 Å². The molecular formula is C20H21ClFN3O3. The summed E-state index contributed by atoms with van der Waals surface area (Å²) in [5.74, 6) is -0.295. The fourth-order valence-electron chi connectivity index (χ4n) is 3.05. The Morgan fingerprint density at radius 3 is 2.71 bits per heavy atom. The molecule has 2 aromatic rings. The number of amides is 2. The highest BCUT2D eigenvalue weighted by Crippen LogP contribution is 2.36. The second-order valence-electron chi connectivity index (χ2n) is 6.58. The number of rotatable bonds is 5. The smallest absolute Gasteiger partial charge is 0.242 e. The Labute approximate surface area is 167 Å². The lowest BCUT2D eigenvalue weighted by atomic mass is 10.0. The van der Waals surface area contributed by atoms with Crippen molar-refractivity contribution in [1.29, 1.82) is 0 Å². The minimum Gasteiger partial charge on any atom is -0.474 e. The van der Waals surface area contributed by atoms with E-state index in [0.717, 1.165) is 5.56 Å². The average molecular weight is 406 g/mol. The SMILES string of the molecule is CCC(=O)Nc1nc2c(cc1Cc1ccc(F)cc1)N(C(=O)CCl)[C@@H](C)CO2. The number of anilines is 2. The number of carbonyl (C=O) groups is 2. The lowest BCUT2D eigenvalue weighted by molar-refractivity contribution is -0.117. The average Bonchev–Trinajstić information content (AvgIpc) is 2.69. The van der Waals surface area contributed by atoms with Gasteiger partial charge in [0.15, 0.2) is 0 Å². The fraction of sp³-hybridized carbons (Fsp3) is 0.350. The Balaban J connectivity index is 2.06. The fourth-order valence-corrected chi connectivity index (χ4v) is 3.17. The topological polar surface area (TPSA) is 71.5 Å². The van der Waals surface area contributed by atoms with Crippen molar-refractivity contribution in [3.05, 3.63) is 47.3 Å². The highest BCUT2D eigenvalue weighted by molar-refractivity contribution is 6.29. The number of alkyl halides is 1. The van der Waals surface area contributed by atoms with Gasteiger partial charge < -0.3 is 15.0 Å². The number of nitrogens with one attached hydrogen (secondary N) is 1. The van der Waals surface area contributed by atoms with Gasteiger partial charge in [-0.2, -0.15) is 4.98 Å². The number of hydrogen-bond acceptors (Lipinski definition) is 4. The van der Waals surface area contributed by atoms with Crippen LogP contribution in [0.5, 0.6) is 5.88 Å². The molecule has 148 valence electrons. The normalized spacial score (nSPS) is 15.6. The van der Waals surface area contributed by atoms with Crippen LogP contribution in [0.4, 0.5) is 15.9 Å². The molecule has 0 aliphatic carbocycles. The monoisotopic (exact) mass is 405 g/mol. The van der Waals surface area contributed by atoms with E-state index in [1.165, 1.54) is 12.1 Å². The molecule has 1 aromatic heterocycles. The van der Waals surface area contributed by atoms with Crippen molar-refractivity contribution in [3.8, 4) is 5.88 Å². The van der Waals surface area contributed by atoms with E-state index in [4.69, 9.17) is 16.3 Å². The summed E-state index contributed by atoms with van der Waals surface area (Å²) in [4.78, 5) is 30.3. The molecule has 0 spiro atoms. The molecular weight excluding hydrogens is 385 g/mol. The number of halogens is 2. The van der Waals surface area contributed by atoms with Crippen LogP contribution >= 0.6 is 11.6 Å². The molecule has 3 rings (SSSR count). The molecule has 8 heteroatoms. The molecule has 0 radical (unpaired) electrons. The van der Waals surface area contributed by atoms with Gasteiger partial charge in [-0.1, -0.05) is 19.1 Å². The molecule has 1 aliphatic heterocycles. The van der Waals surface area contributed by atoms with E-state index >= 15 is 0 Å². The van der Waals surface area contributed by atoms with Crippen LogP contribution in [-0.4, -0.2) is 35.3 Å². The van der Waals surface area contributed by atoms with E-state index in [9.17, 15) is 14.0 Å². The van der Waals surface area contributed by atoms with Gasteiger partial charge in [0.25, 0.3) is 0 Å². The molecule has 0 saturated heterocycles. The van der Waals surface area contributed by atoms with Gasteiger partial charge in [0.2, 0.25) is 17.7 Å². The number of benzene rings is 1. The van der Waals surface area contributed by atoms with E-state index in [-0.39, 0.29) is 42.0 Å². The molecule has 1 N–H and O–H groups in total. The highest BCUT2D eigenvalue weighted by Gasteiger charge is 2.31. The lowest BCUT2D eigenvalue weighted by Gasteiger charge is -2.34. The summed E-state index contributed by atoms with van der Waals surface area (Å²) < 4.78 is 18.9. The minimum atomic E-state index is -0.326. The van der Waals surface area contributed by atoms with Gasteiger partial charge >= 0.3 is 0 Å². The molecule has 0 fully saturated rings. The quantitative estimate of drug-likeness (QED) is 0.773. The summed E-state index contributed by atoms with van der Waals surface area (Å²) in [6.45, 7) is 3.88. The predicted octanol–water partition coefficient (Wildman–Crippen LogP) is 3.51. The van der Waals surface area contributed by atoms with Gasteiger partial charge in [-0.05, 0) is 30.7 Å². The Bertz CT molecular complexity index is 889. The molecule has 0 bridgehead atoms. The summed E-state index contributed by atoms with van der Waals surface area (Å²) >= 11 is 5.78. The number of fused-ring (bicyclic) bond motifs is 1. The van der Waals surface area contributed by atoms with Gasteiger partial charge in [-0.15, -0.1) is 11.6 Å². The largest absolute Gasteiger partial charge is 0.474 e. The van der Waals surface area contributed by atoms with Crippen LogP contribution in [-0.2, 0) is 16.0 Å². The van der Waals surface area contributed by atoms with Gasteiger partial charge in [0, 0.05) is 18.4 Å². The maximum absolute atomic E-state index is 13.2. The molecule has 2 amide bonds. The zero-order valence-electron chi connectivity index (χ0n) is 15.7. The first-order chi connectivity index (χ1) is 13.4. The van der Waals surface area contributed by atoms with E-state index in [1.54, 1.807) is 30.0 Å². The third-order valence-electron chi connectivity index (χ3n) is 4.48. The van der Waals surface area contributed by atoms with E-state index in [0.29, 0.717) is 29.9 Å². The summed E-state index contributed by atoms with van der Waals surface area (Å²) in [5.41, 5.74) is 2.04. The van der Waals surface area contributed by atoms with Crippen LogP contribution in [0.25, 0.3) is 0 Å². The van der Waals surface area contributed by atoms with Gasteiger partial charge in [0.1, 0.15) is 29.8 Å². The van der Waals surface area contributed by atoms with Crippen molar-refractivity contribution in [3.63, 3.8) is 0 Å². The summed E-state index contributed by atoms with van der Waals surface area (Å²) in [6.07, 6.45) is 0.695. The first-order valence-corrected chi connectivity index (χ1v) is 9.55. The van der Waals surface area contributed by atoms with E-state index in [2.05, 4.69) is 10.3 Å². The van der Waals surface area contributed by atoms with Crippen molar-refractivity contribution in [2.75, 3.05) is 22.7 Å². The maximum Gasteiger partial charge on any atom is 0.242 e. The van der Waals surface area contributed by atoms with Crippen molar-refractivity contribution in [1.82, 2.24) is 4.98 Å². The van der Waals surface area contributed by atoms with Crippen LogP contribution < -0.4 is 15.0 Å². The Morgan fingerprint density at radius 2 is 2.07 bits per heavy atom. The van der Waals surface area contributed by atoms with Crippen molar-refractivity contribution < 1.29 is 18.7 Å². The summed E-state index contributed by atoms with van der Waals surface area (Å²) in [7, 11) is 0. The van der Waals surface area contributed by atoms with Crippen LogP contribution in [0.1, 0.15) is 31.4 Å². The Kier molecular flexibility index (Phi) is 6.14. The minimum absolute atomic E-state index is 0.161. The van der Waals surface area contributed by atoms with Gasteiger partial charge in [0.05, 0.1) is 6.04 Å². The number of nitrogens with zero attached hydrogens (tertiary/aromatic N) is 2. The number of hydrogen-bond donors (Lipinski definition) is 1. The highest BCUT2D eigenvalue weighted by atomic mass is 35.5. The van der Waals surface area contributed by atoms with Crippen LogP contribution in [0.2, 0.25) is 0 Å². The molecule has 6 nitrogen and oxygen atoms in total. The summed E-state index contributed by atoms with van der Waals surface area (Å²) in [5, 5.41) is 2.78. The summed E-state index contributed by atoms with van der Waals surface area (Å²) in [6, 6.07) is 7.66. The molecule has 2 heterocycles. The number of aromatic nitrogens is 1. The third kappa shape index (κ3) is 4.25. The van der Waals surface area contributed by atoms with Crippen molar-refractivity contribution in [2.24, 2.45) is 0 Å². The molecule has 1 aromatic carbocycles. The van der Waals surface area contributed by atoms with E-state index in [1.807, 2.05) is 6.92 Å². The van der Waals surface area contributed by atoms with Crippen LogP contribution in [0.3, 0.4) is 0 Å². The number of pyridine rings is 1. The van der Waals surface area contributed by atoms with Crippen molar-refractivity contribution >= 4 is 34.9 Å². The molecule has 0 unspecified atom stereocenters. The lowest BCUT2D eigenvalue weighted by Crippen LogP contribution is -2.46. The molecule has 1 aliphatic rings. The molecule has 28 heavy (non-hydrogen) atoms. The zero-order valence-corrected chi connectivity index (χ0v) is 16.4. The third-order valence-corrected chi connectivity index (χ3v) is 4.71. The zero-order chi connectivity index (χ0) is 20.3. The first kappa shape index (κ1) is 20.1. The predicted molar refractivity (Wildman–Crippen MR) is 106 cm³/mol. The molecule has 1 atom stereocenters. The van der Waals surface area contributed by atoms with Crippen LogP contribution in [0, 0.1) is 5.82 Å². The molecule has 0 saturated carbocycles. The number of ether oxygens (including phenoxy) is 1. The van der Waals surface area contributed by atoms with Crippen LogP contribution in [0.15, 0.2) is 30.3 Å². The van der Waals surface area contributed by atoms with Gasteiger partial charge in [-0.25, -0.2) is 4.39 Å². The Morgan fingerprint density at radius 1 is 1.36 bits per heavy atom. The Hall–Kier alpha value is -2.67. The number of carbonyl (C=O) groups excluding carboxylic acids is 2.